The summed E-state index contributed by atoms with van der Waals surface area (Å²) < 4.78 is 6.22. The number of nitrogens with zero attached hydrogens (tertiary/aromatic N) is 1. The maximum atomic E-state index is 13.5. The van der Waals surface area contributed by atoms with Crippen LogP contribution in [-0.2, 0) is 14.3 Å². The van der Waals surface area contributed by atoms with Crippen LogP contribution in [0.4, 0.5) is 0 Å². The van der Waals surface area contributed by atoms with Crippen molar-refractivity contribution in [2.24, 2.45) is 57.8 Å². The van der Waals surface area contributed by atoms with Gasteiger partial charge in [-0.05, 0) is 132 Å². The van der Waals surface area contributed by atoms with Gasteiger partial charge in [0.25, 0.3) is 0 Å². The van der Waals surface area contributed by atoms with E-state index in [1.165, 1.54) is 57.8 Å². The molecule has 0 aromatic heterocycles. The average Bonchev–Trinajstić information content (AvgIpc) is 3.45. The van der Waals surface area contributed by atoms with Crippen LogP contribution in [0.25, 0.3) is 0 Å². The van der Waals surface area contributed by atoms with Crippen molar-refractivity contribution < 1.29 is 14.3 Å². The van der Waals surface area contributed by atoms with Crippen LogP contribution in [0.1, 0.15) is 191 Å². The molecule has 0 aromatic rings. The smallest absolute Gasteiger partial charge is 0.306 e. The number of ether oxygens (including phenoxy) is 1. The molecule has 300 valence electrons. The van der Waals surface area contributed by atoms with Crippen molar-refractivity contribution in [3.63, 3.8) is 0 Å². The van der Waals surface area contributed by atoms with E-state index < -0.39 is 0 Å². The van der Waals surface area contributed by atoms with Crippen LogP contribution < -0.4 is 11.5 Å². The number of hydrogen-bond donors (Lipinski definition) is 2. The minimum Gasteiger partial charge on any atom is -0.462 e. The van der Waals surface area contributed by atoms with E-state index in [4.69, 9.17) is 16.2 Å². The predicted molar refractivity (Wildman–Crippen MR) is 218 cm³/mol. The van der Waals surface area contributed by atoms with Crippen LogP contribution in [0.5, 0.6) is 0 Å². The molecule has 0 saturated heterocycles. The van der Waals surface area contributed by atoms with Crippen molar-refractivity contribution in [3.8, 4) is 0 Å². The van der Waals surface area contributed by atoms with Crippen LogP contribution in [0.3, 0.4) is 0 Å². The van der Waals surface area contributed by atoms with Gasteiger partial charge < -0.3 is 21.1 Å². The summed E-state index contributed by atoms with van der Waals surface area (Å²) in [5.74, 6) is 4.33. The van der Waals surface area contributed by atoms with Gasteiger partial charge in [0.05, 0.1) is 6.42 Å². The van der Waals surface area contributed by atoms with Gasteiger partial charge in [-0.3, -0.25) is 9.59 Å². The van der Waals surface area contributed by atoms with Gasteiger partial charge in [0.15, 0.2) is 0 Å². The standard InChI is InChI=1S/C46H83N3O3/c1-33(2)17-15-18-34(3)37-32-35-31-36(22-27-46(35,9)39-23-26-45(8)25-16-19-38(45)42(37)39)52-41(51)21-20-40(50)49(30-28-44(6,7)48)29-14-12-10-11-13-24-43(4,5)47/h32-34,36-39,42H,10-31,47-48H2,1-9H3/t34-,36?,37?,38?,39?,42?,45?,46?/m1/s1. The maximum Gasteiger partial charge on any atom is 0.306 e. The van der Waals surface area contributed by atoms with Crippen LogP contribution in [-0.4, -0.2) is 47.0 Å². The lowest BCUT2D eigenvalue weighted by molar-refractivity contribution is -0.153. The van der Waals surface area contributed by atoms with Gasteiger partial charge in [-0.1, -0.05) is 97.6 Å². The average molecular weight is 726 g/mol. The van der Waals surface area contributed by atoms with E-state index >= 15 is 0 Å². The molecular weight excluding hydrogens is 643 g/mol. The van der Waals surface area contributed by atoms with E-state index in [1.54, 1.807) is 5.57 Å². The normalized spacial score (nSPS) is 31.0. The molecule has 8 atom stereocenters. The van der Waals surface area contributed by atoms with E-state index in [-0.39, 0.29) is 47.3 Å². The Morgan fingerprint density at radius 3 is 2.21 bits per heavy atom. The van der Waals surface area contributed by atoms with E-state index in [1.807, 2.05) is 18.7 Å². The molecule has 3 fully saturated rings. The Bertz CT molecular complexity index is 1180. The first-order valence-corrected chi connectivity index (χ1v) is 22.1. The molecule has 0 radical (unpaired) electrons. The fourth-order valence-electron chi connectivity index (χ4n) is 11.2. The van der Waals surface area contributed by atoms with Crippen LogP contribution in [0.15, 0.2) is 11.6 Å². The number of rotatable bonds is 20. The highest BCUT2D eigenvalue weighted by molar-refractivity contribution is 5.81. The van der Waals surface area contributed by atoms with Gasteiger partial charge in [-0.15, -0.1) is 0 Å². The second-order valence-corrected chi connectivity index (χ2v) is 20.8. The SMILES string of the molecule is CC(C)CCC[C@@H](C)C1C=C2CC(OC(=O)CCC(=O)N(CCCCCCCC(C)(C)N)CCC(C)(C)N)CCC2(C)C2CCC3(C)CCCC3C12. The highest BCUT2D eigenvalue weighted by Gasteiger charge is 2.59. The Hall–Kier alpha value is -1.40. The summed E-state index contributed by atoms with van der Waals surface area (Å²) in [7, 11) is 0. The summed E-state index contributed by atoms with van der Waals surface area (Å²) in [6.07, 6.45) is 24.2. The molecule has 0 spiro atoms. The maximum absolute atomic E-state index is 13.5. The van der Waals surface area contributed by atoms with Gasteiger partial charge >= 0.3 is 5.97 Å². The lowest BCUT2D eigenvalue weighted by atomic mass is 9.45. The fourth-order valence-corrected chi connectivity index (χ4v) is 11.2. The number of amides is 1. The van der Waals surface area contributed by atoms with Crippen molar-refractivity contribution in [2.45, 2.75) is 208 Å². The Morgan fingerprint density at radius 1 is 0.827 bits per heavy atom. The largest absolute Gasteiger partial charge is 0.462 e. The molecule has 4 rings (SSSR count). The minimum atomic E-state index is -0.338. The Balaban J connectivity index is 1.34. The summed E-state index contributed by atoms with van der Waals surface area (Å²) in [5, 5.41) is 0. The molecule has 0 aromatic carbocycles. The van der Waals surface area contributed by atoms with Crippen LogP contribution in [0, 0.1) is 46.3 Å². The number of hydrogen-bond acceptors (Lipinski definition) is 5. The number of fused-ring (bicyclic) bond motifs is 5. The summed E-state index contributed by atoms with van der Waals surface area (Å²) in [5.41, 5.74) is 14.3. The van der Waals surface area contributed by atoms with Crippen LogP contribution in [0.2, 0.25) is 0 Å². The van der Waals surface area contributed by atoms with E-state index in [2.05, 4.69) is 54.5 Å². The molecule has 0 heterocycles. The molecule has 6 nitrogen and oxygen atoms in total. The lowest BCUT2D eigenvalue weighted by Crippen LogP contribution is -2.53. The van der Waals surface area contributed by atoms with Gasteiger partial charge in [0.2, 0.25) is 5.91 Å². The van der Waals surface area contributed by atoms with E-state index in [0.29, 0.717) is 23.8 Å². The molecular formula is C46H83N3O3. The number of carbonyl (C=O) groups is 2. The van der Waals surface area contributed by atoms with Gasteiger partial charge in [0.1, 0.15) is 6.10 Å². The Kier molecular flexibility index (Phi) is 15.4. The number of unbranched alkanes of at least 4 members (excludes halogenated alkanes) is 4. The van der Waals surface area contributed by atoms with Crippen molar-refractivity contribution in [1.82, 2.24) is 4.90 Å². The summed E-state index contributed by atoms with van der Waals surface area (Å²) in [4.78, 5) is 28.7. The molecule has 0 aliphatic heterocycles. The van der Waals surface area contributed by atoms with Crippen molar-refractivity contribution >= 4 is 11.9 Å². The number of nitrogens with two attached hydrogens (primary N) is 2. The summed E-state index contributed by atoms with van der Waals surface area (Å²) in [6.45, 7) is 22.0. The minimum absolute atomic E-state index is 0.0499. The molecule has 3 saturated carbocycles. The predicted octanol–water partition coefficient (Wildman–Crippen LogP) is 10.8. The van der Waals surface area contributed by atoms with Gasteiger partial charge in [-0.2, -0.15) is 0 Å². The topological polar surface area (TPSA) is 98.7 Å². The number of esters is 1. The van der Waals surface area contributed by atoms with E-state index in [0.717, 1.165) is 88.0 Å². The molecule has 4 aliphatic rings. The molecule has 1 amide bonds. The van der Waals surface area contributed by atoms with Gasteiger partial charge in [0, 0.05) is 37.0 Å². The first-order chi connectivity index (χ1) is 24.3. The van der Waals surface area contributed by atoms with Crippen molar-refractivity contribution in [3.05, 3.63) is 11.6 Å². The number of allylic oxidation sites excluding steroid dienone is 1. The second kappa shape index (κ2) is 18.5. The zero-order valence-corrected chi connectivity index (χ0v) is 35.5. The third-order valence-corrected chi connectivity index (χ3v) is 14.5. The summed E-state index contributed by atoms with van der Waals surface area (Å²) in [6, 6.07) is 0. The zero-order chi connectivity index (χ0) is 38.3. The summed E-state index contributed by atoms with van der Waals surface area (Å²) >= 11 is 0. The molecule has 6 heteroatoms. The monoisotopic (exact) mass is 726 g/mol. The molecule has 7 unspecified atom stereocenters. The Morgan fingerprint density at radius 2 is 1.52 bits per heavy atom. The molecule has 4 aliphatic carbocycles. The third kappa shape index (κ3) is 12.0. The molecule has 4 N–H and O–H groups in total. The number of carbonyl (C=O) groups excluding carboxylic acids is 2. The van der Waals surface area contributed by atoms with Crippen molar-refractivity contribution in [2.75, 3.05) is 13.1 Å². The first-order valence-electron chi connectivity index (χ1n) is 22.1. The lowest BCUT2D eigenvalue weighted by Gasteiger charge is -2.60. The highest BCUT2D eigenvalue weighted by Crippen LogP contribution is 2.67. The fraction of sp³-hybridized carbons (Fsp3) is 0.913. The highest BCUT2D eigenvalue weighted by atomic mass is 16.5. The molecule has 0 bridgehead atoms. The van der Waals surface area contributed by atoms with Gasteiger partial charge in [-0.25, -0.2) is 0 Å². The zero-order valence-electron chi connectivity index (χ0n) is 35.5. The third-order valence-electron chi connectivity index (χ3n) is 14.5. The first kappa shape index (κ1) is 43.3. The van der Waals surface area contributed by atoms with E-state index in [9.17, 15) is 9.59 Å². The quantitative estimate of drug-likeness (QED) is 0.0739. The second-order valence-electron chi connectivity index (χ2n) is 20.8. The Labute approximate surface area is 320 Å². The van der Waals surface area contributed by atoms with Crippen LogP contribution >= 0.6 is 0 Å². The molecule has 52 heavy (non-hydrogen) atoms. The van der Waals surface area contributed by atoms with Crippen molar-refractivity contribution in [1.29, 1.82) is 0 Å².